The van der Waals surface area contributed by atoms with E-state index in [1.54, 1.807) is 37.3 Å². The average molecular weight is 645 g/mol. The molecule has 0 bridgehead atoms. The molecular formula is C38H42F6O2. The molecule has 2 fully saturated rings. The maximum absolute atomic E-state index is 15.3. The van der Waals surface area contributed by atoms with E-state index in [2.05, 4.69) is 0 Å². The third-order valence-corrected chi connectivity index (χ3v) is 9.77. The van der Waals surface area contributed by atoms with Gasteiger partial charge in [0.25, 0.3) is 0 Å². The predicted molar refractivity (Wildman–Crippen MR) is 167 cm³/mol. The zero-order valence-corrected chi connectivity index (χ0v) is 26.5. The van der Waals surface area contributed by atoms with Gasteiger partial charge in [-0.25, -0.2) is 22.0 Å². The fraction of sp³-hybridized carbons (Fsp3) is 0.474. The minimum absolute atomic E-state index is 0.0857. The molecule has 8 heteroatoms. The molecule has 0 atom stereocenters. The van der Waals surface area contributed by atoms with Gasteiger partial charge >= 0.3 is 0 Å². The third-order valence-electron chi connectivity index (χ3n) is 9.77. The molecule has 0 aliphatic heterocycles. The van der Waals surface area contributed by atoms with Crippen LogP contribution < -0.4 is 4.74 Å². The van der Waals surface area contributed by atoms with Gasteiger partial charge in [-0.2, -0.15) is 4.39 Å². The largest absolute Gasteiger partial charge is 0.491 e. The van der Waals surface area contributed by atoms with Crippen molar-refractivity contribution >= 4 is 0 Å². The minimum atomic E-state index is -0.995. The first kappa shape index (κ1) is 34.1. The number of rotatable bonds is 11. The van der Waals surface area contributed by atoms with E-state index in [0.29, 0.717) is 86.5 Å². The van der Waals surface area contributed by atoms with Crippen molar-refractivity contribution in [3.63, 3.8) is 0 Å². The highest BCUT2D eigenvalue weighted by atomic mass is 19.2. The highest BCUT2D eigenvalue weighted by molar-refractivity contribution is 5.35. The summed E-state index contributed by atoms with van der Waals surface area (Å²) in [6.45, 7) is 3.73. The Labute approximate surface area is 267 Å². The van der Waals surface area contributed by atoms with Gasteiger partial charge in [0.15, 0.2) is 34.8 Å². The van der Waals surface area contributed by atoms with E-state index in [0.717, 1.165) is 0 Å². The number of hydrogen-bond acceptors (Lipinski definition) is 2. The van der Waals surface area contributed by atoms with Gasteiger partial charge in [0.1, 0.15) is 0 Å². The summed E-state index contributed by atoms with van der Waals surface area (Å²) in [6, 6.07) is 9.53. The van der Waals surface area contributed by atoms with E-state index in [1.807, 2.05) is 19.1 Å². The van der Waals surface area contributed by atoms with Gasteiger partial charge in [0.2, 0.25) is 5.82 Å². The van der Waals surface area contributed by atoms with Crippen molar-refractivity contribution in [2.75, 3.05) is 6.61 Å². The molecule has 2 saturated carbocycles. The van der Waals surface area contributed by atoms with Crippen molar-refractivity contribution in [3.8, 4) is 5.75 Å². The van der Waals surface area contributed by atoms with E-state index >= 15 is 8.78 Å². The zero-order chi connectivity index (χ0) is 32.8. The van der Waals surface area contributed by atoms with E-state index in [4.69, 9.17) is 9.47 Å². The van der Waals surface area contributed by atoms with Crippen LogP contribution in [0.2, 0.25) is 0 Å². The molecule has 0 amide bonds. The van der Waals surface area contributed by atoms with E-state index in [1.165, 1.54) is 6.07 Å². The van der Waals surface area contributed by atoms with Crippen LogP contribution in [-0.4, -0.2) is 12.7 Å². The van der Waals surface area contributed by atoms with Gasteiger partial charge < -0.3 is 9.47 Å². The molecule has 0 radical (unpaired) electrons. The maximum atomic E-state index is 15.3. The van der Waals surface area contributed by atoms with E-state index in [9.17, 15) is 17.6 Å². The van der Waals surface area contributed by atoms with Gasteiger partial charge in [0, 0.05) is 5.56 Å². The maximum Gasteiger partial charge on any atom is 0.200 e. The Morgan fingerprint density at radius 1 is 0.609 bits per heavy atom. The molecule has 0 spiro atoms. The summed E-state index contributed by atoms with van der Waals surface area (Å²) in [4.78, 5) is 0. The quantitative estimate of drug-likeness (QED) is 0.153. The number of aryl methyl sites for hydroxylation is 1. The lowest BCUT2D eigenvalue weighted by Gasteiger charge is -2.30. The Morgan fingerprint density at radius 3 is 1.63 bits per heavy atom. The average Bonchev–Trinajstić information content (AvgIpc) is 3.07. The summed E-state index contributed by atoms with van der Waals surface area (Å²) in [5.41, 5.74) is 1.48. The lowest BCUT2D eigenvalue weighted by atomic mass is 9.75. The second-order valence-electron chi connectivity index (χ2n) is 12.5. The van der Waals surface area contributed by atoms with Crippen LogP contribution in [0.15, 0.2) is 48.6 Å². The Morgan fingerprint density at radius 2 is 1.09 bits per heavy atom. The fourth-order valence-electron chi connectivity index (χ4n) is 7.14. The van der Waals surface area contributed by atoms with E-state index in [-0.39, 0.29) is 48.4 Å². The van der Waals surface area contributed by atoms with Gasteiger partial charge in [-0.1, -0.05) is 42.5 Å². The van der Waals surface area contributed by atoms with Gasteiger partial charge in [-0.05, 0) is 124 Å². The van der Waals surface area contributed by atoms with Crippen LogP contribution in [0.5, 0.6) is 5.75 Å². The molecule has 46 heavy (non-hydrogen) atoms. The van der Waals surface area contributed by atoms with Crippen molar-refractivity contribution in [3.05, 3.63) is 111 Å². The monoisotopic (exact) mass is 644 g/mol. The number of hydrogen-bond donors (Lipinski definition) is 0. The standard InChI is InChI=1S/C38H42F6O2/c1-3-5-6-7-26-14-18-29(35(41)33(26)39)25-12-16-28(17-13-25)46-22-27-15-19-30(36(42)34(27)40)23-8-10-24(11-9-23)31-20-21-32(45-4-2)38(44)37(31)43/h3,5,14-15,18-21,23-25,28H,4,6-13,16-17,22H2,1-2H3. The van der Waals surface area contributed by atoms with Crippen molar-refractivity contribution in [2.24, 2.45) is 0 Å². The third kappa shape index (κ3) is 7.48. The number of allylic oxidation sites excluding steroid dienone is 2. The van der Waals surface area contributed by atoms with Crippen LogP contribution in [0.1, 0.15) is 117 Å². The Balaban J connectivity index is 1.13. The fourth-order valence-corrected chi connectivity index (χ4v) is 7.14. The minimum Gasteiger partial charge on any atom is -0.491 e. The summed E-state index contributed by atoms with van der Waals surface area (Å²) in [6.07, 6.45) is 9.28. The summed E-state index contributed by atoms with van der Waals surface area (Å²) >= 11 is 0. The molecule has 0 heterocycles. The molecule has 0 N–H and O–H groups in total. The Kier molecular flexibility index (Phi) is 11.5. The number of halogens is 6. The molecule has 2 nitrogen and oxygen atoms in total. The summed E-state index contributed by atoms with van der Waals surface area (Å²) < 4.78 is 100. The molecule has 0 aromatic heterocycles. The van der Waals surface area contributed by atoms with E-state index < -0.39 is 34.9 Å². The van der Waals surface area contributed by atoms with Crippen molar-refractivity contribution in [1.29, 1.82) is 0 Å². The molecule has 3 aromatic carbocycles. The summed E-state index contributed by atoms with van der Waals surface area (Å²) in [7, 11) is 0. The highest BCUT2D eigenvalue weighted by Crippen LogP contribution is 2.43. The highest BCUT2D eigenvalue weighted by Gasteiger charge is 2.31. The van der Waals surface area contributed by atoms with Crippen molar-refractivity contribution in [1.82, 2.24) is 0 Å². The first-order valence-corrected chi connectivity index (χ1v) is 16.5. The Hall–Kier alpha value is -3.26. The van der Waals surface area contributed by atoms with Crippen molar-refractivity contribution < 1.29 is 35.8 Å². The first-order valence-electron chi connectivity index (χ1n) is 16.5. The van der Waals surface area contributed by atoms with Crippen LogP contribution in [0.3, 0.4) is 0 Å². The number of ether oxygens (including phenoxy) is 2. The zero-order valence-electron chi connectivity index (χ0n) is 26.5. The summed E-state index contributed by atoms with van der Waals surface area (Å²) in [5.74, 6) is -5.93. The van der Waals surface area contributed by atoms with Crippen LogP contribution >= 0.6 is 0 Å². The molecular weight excluding hydrogens is 602 g/mol. The lowest BCUT2D eigenvalue weighted by Crippen LogP contribution is -2.22. The Bertz CT molecular complexity index is 1520. The molecule has 0 saturated heterocycles. The van der Waals surface area contributed by atoms with Crippen LogP contribution in [0.25, 0.3) is 0 Å². The second-order valence-corrected chi connectivity index (χ2v) is 12.5. The molecule has 0 unspecified atom stereocenters. The lowest BCUT2D eigenvalue weighted by molar-refractivity contribution is 0.0116. The molecule has 2 aliphatic rings. The van der Waals surface area contributed by atoms with Gasteiger partial charge in [0.05, 0.1) is 19.3 Å². The number of benzene rings is 3. The van der Waals surface area contributed by atoms with Crippen molar-refractivity contribution in [2.45, 2.75) is 109 Å². The predicted octanol–water partition coefficient (Wildman–Crippen LogP) is 11.1. The topological polar surface area (TPSA) is 18.5 Å². The smallest absolute Gasteiger partial charge is 0.200 e. The van der Waals surface area contributed by atoms with Crippen LogP contribution in [0.4, 0.5) is 26.3 Å². The summed E-state index contributed by atoms with van der Waals surface area (Å²) in [5, 5.41) is 0. The molecule has 5 rings (SSSR count). The van der Waals surface area contributed by atoms with Crippen LogP contribution in [0, 0.1) is 34.9 Å². The van der Waals surface area contributed by atoms with Gasteiger partial charge in [-0.3, -0.25) is 0 Å². The molecule has 2 aliphatic carbocycles. The normalized spacial score (nSPS) is 22.0. The molecule has 248 valence electrons. The second kappa shape index (κ2) is 15.6. The van der Waals surface area contributed by atoms with Gasteiger partial charge in [-0.15, -0.1) is 0 Å². The SMILES string of the molecule is CC=CCCc1ccc(C2CCC(OCc3ccc(C4CCC(c5ccc(OCC)c(F)c5F)CC4)c(F)c3F)CC2)c(F)c1F. The first-order chi connectivity index (χ1) is 22.2. The van der Waals surface area contributed by atoms with Crippen LogP contribution in [-0.2, 0) is 17.8 Å². The molecule has 3 aromatic rings.